The number of benzene rings is 2. The minimum Gasteiger partial charge on any atom is -0.486 e. The van der Waals surface area contributed by atoms with Crippen molar-refractivity contribution in [2.75, 3.05) is 68.8 Å². The van der Waals surface area contributed by atoms with Gasteiger partial charge >= 0.3 is 12.2 Å². The van der Waals surface area contributed by atoms with Crippen LogP contribution in [0.5, 0.6) is 11.5 Å². The van der Waals surface area contributed by atoms with Crippen molar-refractivity contribution in [2.45, 2.75) is 6.10 Å². The molecule has 0 saturated carbocycles. The molecule has 0 aromatic heterocycles. The molecule has 3 aliphatic heterocycles. The van der Waals surface area contributed by atoms with E-state index in [1.807, 2.05) is 0 Å². The van der Waals surface area contributed by atoms with Crippen molar-refractivity contribution in [1.29, 1.82) is 0 Å². The summed E-state index contributed by atoms with van der Waals surface area (Å²) in [4.78, 5) is 52.0. The lowest BCUT2D eigenvalue weighted by molar-refractivity contribution is -0.130. The number of hydrogen-bond donors (Lipinski definition) is 3. The Balaban J connectivity index is 1.14. The average molecular weight is 576 g/mol. The first kappa shape index (κ1) is 27.7. The highest BCUT2D eigenvalue weighted by Crippen LogP contribution is 2.32. The molecule has 1 atom stereocenters. The van der Waals surface area contributed by atoms with Crippen LogP contribution in [0.4, 0.5) is 29.7 Å². The molecular formula is C26H27F2N5O8. The highest BCUT2D eigenvalue weighted by Gasteiger charge is 2.34. The number of ether oxygens (including phenoxy) is 3. The number of rotatable bonds is 7. The first-order chi connectivity index (χ1) is 19.7. The fourth-order valence-corrected chi connectivity index (χ4v) is 4.78. The molecule has 0 bridgehead atoms. The smallest absolute Gasteiger partial charge is 0.414 e. The minimum absolute atomic E-state index is 0.0610. The van der Waals surface area contributed by atoms with E-state index in [0.717, 1.165) is 17.0 Å². The number of nitrogens with one attached hydrogen (secondary N) is 2. The molecule has 41 heavy (non-hydrogen) atoms. The van der Waals surface area contributed by atoms with Crippen molar-refractivity contribution in [2.24, 2.45) is 0 Å². The first-order valence-electron chi connectivity index (χ1n) is 12.8. The Hall–Kier alpha value is -4.82. The molecular weight excluding hydrogens is 548 g/mol. The van der Waals surface area contributed by atoms with Gasteiger partial charge in [-0.2, -0.15) is 0 Å². The van der Waals surface area contributed by atoms with Gasteiger partial charge in [0.2, 0.25) is 5.91 Å². The lowest BCUT2D eigenvalue weighted by Crippen LogP contribution is -2.51. The van der Waals surface area contributed by atoms with Crippen LogP contribution in [0.15, 0.2) is 30.3 Å². The zero-order valence-electron chi connectivity index (χ0n) is 21.7. The summed E-state index contributed by atoms with van der Waals surface area (Å²) in [5, 5.41) is 13.4. The molecule has 2 aromatic carbocycles. The predicted octanol–water partition coefficient (Wildman–Crippen LogP) is 1.41. The van der Waals surface area contributed by atoms with Crippen molar-refractivity contribution in [1.82, 2.24) is 15.5 Å². The van der Waals surface area contributed by atoms with Gasteiger partial charge in [0.25, 0.3) is 5.91 Å². The average Bonchev–Trinajstić information content (AvgIpc) is 3.34. The second-order valence-electron chi connectivity index (χ2n) is 9.47. The predicted molar refractivity (Wildman–Crippen MR) is 139 cm³/mol. The van der Waals surface area contributed by atoms with Gasteiger partial charge in [0.05, 0.1) is 25.3 Å². The SMILES string of the molecule is O=C(O)NC[C@H]1CN(c2cc(F)c(N3CCN(C(=O)CNC(=O)c4ccc5c(c4)OCCO5)CC3)c(F)c2)C(=O)O1. The monoisotopic (exact) mass is 575 g/mol. The van der Waals surface area contributed by atoms with Gasteiger partial charge in [0, 0.05) is 43.9 Å². The number of amides is 4. The first-order valence-corrected chi connectivity index (χ1v) is 12.8. The van der Waals surface area contributed by atoms with Gasteiger partial charge in [-0.05, 0) is 18.2 Å². The molecule has 0 aliphatic carbocycles. The number of carbonyl (C=O) groups is 4. The fourth-order valence-electron chi connectivity index (χ4n) is 4.78. The zero-order chi connectivity index (χ0) is 29.1. The number of cyclic esters (lactones) is 1. The molecule has 13 nitrogen and oxygen atoms in total. The van der Waals surface area contributed by atoms with E-state index < -0.39 is 35.8 Å². The number of fused-ring (bicyclic) bond motifs is 1. The quantitative estimate of drug-likeness (QED) is 0.445. The summed E-state index contributed by atoms with van der Waals surface area (Å²) in [6.45, 7) is 0.951. The summed E-state index contributed by atoms with van der Waals surface area (Å²) >= 11 is 0. The molecule has 4 amide bonds. The molecule has 2 saturated heterocycles. The summed E-state index contributed by atoms with van der Waals surface area (Å²) in [7, 11) is 0. The number of piperazine rings is 1. The highest BCUT2D eigenvalue weighted by atomic mass is 19.1. The van der Waals surface area contributed by atoms with Crippen molar-refractivity contribution in [3.63, 3.8) is 0 Å². The van der Waals surface area contributed by atoms with Gasteiger partial charge in [0.15, 0.2) is 23.1 Å². The largest absolute Gasteiger partial charge is 0.486 e. The Morgan fingerprint density at radius 2 is 1.63 bits per heavy atom. The number of carboxylic acid groups (broad SMARTS) is 1. The third-order valence-electron chi connectivity index (χ3n) is 6.82. The van der Waals surface area contributed by atoms with Crippen molar-refractivity contribution in [3.8, 4) is 11.5 Å². The van der Waals surface area contributed by atoms with Crippen LogP contribution in [-0.2, 0) is 9.53 Å². The van der Waals surface area contributed by atoms with E-state index >= 15 is 8.78 Å². The van der Waals surface area contributed by atoms with Crippen molar-refractivity contribution >= 4 is 35.4 Å². The number of hydrogen-bond acceptors (Lipinski definition) is 8. The van der Waals surface area contributed by atoms with E-state index in [9.17, 15) is 19.2 Å². The molecule has 218 valence electrons. The number of carbonyl (C=O) groups excluding carboxylic acids is 3. The molecule has 0 radical (unpaired) electrons. The summed E-state index contributed by atoms with van der Waals surface area (Å²) in [6.07, 6.45) is -2.94. The van der Waals surface area contributed by atoms with E-state index in [0.29, 0.717) is 30.3 Å². The van der Waals surface area contributed by atoms with Crippen LogP contribution in [0.3, 0.4) is 0 Å². The Morgan fingerprint density at radius 3 is 2.32 bits per heavy atom. The Bertz CT molecular complexity index is 1340. The van der Waals surface area contributed by atoms with E-state index in [4.69, 9.17) is 19.3 Å². The molecule has 3 heterocycles. The maximum Gasteiger partial charge on any atom is 0.414 e. The molecule has 0 spiro atoms. The number of anilines is 2. The van der Waals surface area contributed by atoms with Crippen LogP contribution in [-0.4, -0.2) is 99.1 Å². The molecule has 2 aromatic rings. The summed E-state index contributed by atoms with van der Waals surface area (Å²) in [5.41, 5.74) is -0.0329. The maximum absolute atomic E-state index is 15.1. The van der Waals surface area contributed by atoms with Gasteiger partial charge in [-0.15, -0.1) is 0 Å². The van der Waals surface area contributed by atoms with E-state index in [-0.39, 0.29) is 63.1 Å². The summed E-state index contributed by atoms with van der Waals surface area (Å²) in [6, 6.07) is 6.77. The highest BCUT2D eigenvalue weighted by molar-refractivity contribution is 5.97. The van der Waals surface area contributed by atoms with Gasteiger partial charge in [-0.3, -0.25) is 14.5 Å². The van der Waals surface area contributed by atoms with Crippen LogP contribution in [0.2, 0.25) is 0 Å². The third-order valence-corrected chi connectivity index (χ3v) is 6.82. The summed E-state index contributed by atoms with van der Waals surface area (Å²) in [5.74, 6) is -1.59. The van der Waals surface area contributed by atoms with Gasteiger partial charge < -0.3 is 39.8 Å². The Labute approximate surface area is 232 Å². The van der Waals surface area contributed by atoms with E-state index in [1.165, 1.54) is 9.80 Å². The summed E-state index contributed by atoms with van der Waals surface area (Å²) < 4.78 is 46.1. The van der Waals surface area contributed by atoms with Gasteiger partial charge in [-0.25, -0.2) is 18.4 Å². The Morgan fingerprint density at radius 1 is 0.951 bits per heavy atom. The lowest BCUT2D eigenvalue weighted by atomic mass is 10.1. The standard InChI is InChI=1S/C26H27F2N5O8/c27-18-10-16(33-14-17(41-26(33)38)12-30-25(36)37)11-19(28)23(18)32-5-3-31(4-6-32)22(34)13-29-24(35)15-1-2-20-21(9-15)40-8-7-39-20/h1-2,9-11,17,30H,3-8,12-14H2,(H,29,35)(H,36,37)/t17-/m0/s1. The Kier molecular flexibility index (Phi) is 7.94. The minimum atomic E-state index is -1.29. The molecule has 2 fully saturated rings. The lowest BCUT2D eigenvalue weighted by Gasteiger charge is -2.36. The number of nitrogens with zero attached hydrogens (tertiary/aromatic N) is 3. The fraction of sp³-hybridized carbons (Fsp3) is 0.385. The van der Waals surface area contributed by atoms with E-state index in [2.05, 4.69) is 10.6 Å². The van der Waals surface area contributed by atoms with Gasteiger partial charge in [0.1, 0.15) is 25.0 Å². The van der Waals surface area contributed by atoms with Gasteiger partial charge in [-0.1, -0.05) is 0 Å². The van der Waals surface area contributed by atoms with Crippen LogP contribution in [0.1, 0.15) is 10.4 Å². The van der Waals surface area contributed by atoms with Crippen molar-refractivity contribution in [3.05, 3.63) is 47.5 Å². The van der Waals surface area contributed by atoms with Crippen LogP contribution < -0.4 is 29.9 Å². The molecule has 0 unspecified atom stereocenters. The van der Waals surface area contributed by atoms with Crippen LogP contribution >= 0.6 is 0 Å². The second-order valence-corrected chi connectivity index (χ2v) is 9.47. The van der Waals surface area contributed by atoms with E-state index in [1.54, 1.807) is 18.2 Å². The topological polar surface area (TPSA) is 150 Å². The maximum atomic E-state index is 15.1. The zero-order valence-corrected chi connectivity index (χ0v) is 21.7. The molecule has 5 rings (SSSR count). The molecule has 15 heteroatoms. The molecule has 3 N–H and O–H groups in total. The molecule has 3 aliphatic rings. The second kappa shape index (κ2) is 11.7. The van der Waals surface area contributed by atoms with Crippen molar-refractivity contribution < 1.29 is 47.3 Å². The number of halogens is 2. The third kappa shape index (κ3) is 6.18. The van der Waals surface area contributed by atoms with Crippen LogP contribution in [0.25, 0.3) is 0 Å². The normalized spacial score (nSPS) is 18.1. The van der Waals surface area contributed by atoms with Crippen LogP contribution in [0, 0.1) is 11.6 Å².